The van der Waals surface area contributed by atoms with Crippen LogP contribution in [0.4, 0.5) is 0 Å². The van der Waals surface area contributed by atoms with Gasteiger partial charge in [0.05, 0.1) is 22.8 Å². The van der Waals surface area contributed by atoms with E-state index < -0.39 is 0 Å². The summed E-state index contributed by atoms with van der Waals surface area (Å²) in [6.45, 7) is 4.81. The molecule has 8 aromatic carbocycles. The van der Waals surface area contributed by atoms with Crippen molar-refractivity contribution in [3.63, 3.8) is 0 Å². The molecular formula is C61H48N2. The van der Waals surface area contributed by atoms with Gasteiger partial charge in [0.15, 0.2) is 0 Å². The van der Waals surface area contributed by atoms with Crippen molar-refractivity contribution in [2.24, 2.45) is 0 Å². The summed E-state index contributed by atoms with van der Waals surface area (Å²) in [5.74, 6) is 0. The molecule has 302 valence electrons. The van der Waals surface area contributed by atoms with Gasteiger partial charge in [0.25, 0.3) is 0 Å². The first-order valence-corrected chi connectivity index (χ1v) is 22.7. The van der Waals surface area contributed by atoms with Crippen LogP contribution < -0.4 is 0 Å². The molecule has 1 saturated carbocycles. The van der Waals surface area contributed by atoms with E-state index in [4.69, 9.17) is 9.97 Å². The fraction of sp³-hybridized carbons (Fsp3) is 0.148. The van der Waals surface area contributed by atoms with Crippen molar-refractivity contribution in [3.05, 3.63) is 216 Å². The highest BCUT2D eigenvalue weighted by atomic mass is 14.9. The predicted molar refractivity (Wildman–Crippen MR) is 262 cm³/mol. The number of nitrogens with zero attached hydrogens (tertiary/aromatic N) is 2. The van der Waals surface area contributed by atoms with Gasteiger partial charge in [0.1, 0.15) is 0 Å². The molecule has 0 atom stereocenters. The van der Waals surface area contributed by atoms with Crippen molar-refractivity contribution >= 4 is 0 Å². The number of benzene rings is 8. The predicted octanol–water partition coefficient (Wildman–Crippen LogP) is 16.0. The maximum Gasteiger partial charge on any atom is 0.0973 e. The molecule has 2 heteroatoms. The van der Waals surface area contributed by atoms with E-state index in [9.17, 15) is 0 Å². The van der Waals surface area contributed by atoms with Crippen LogP contribution in [0.5, 0.6) is 0 Å². The van der Waals surface area contributed by atoms with Gasteiger partial charge >= 0.3 is 0 Å². The van der Waals surface area contributed by atoms with E-state index in [2.05, 4.69) is 196 Å². The van der Waals surface area contributed by atoms with E-state index in [1.165, 1.54) is 93.3 Å². The van der Waals surface area contributed by atoms with Gasteiger partial charge in [-0.15, -0.1) is 0 Å². The van der Waals surface area contributed by atoms with Crippen molar-refractivity contribution in [2.75, 3.05) is 0 Å². The molecule has 12 rings (SSSR count). The van der Waals surface area contributed by atoms with Gasteiger partial charge in [-0.3, -0.25) is 0 Å². The lowest BCUT2D eigenvalue weighted by atomic mass is 9.67. The van der Waals surface area contributed by atoms with E-state index in [-0.39, 0.29) is 10.8 Å². The van der Waals surface area contributed by atoms with E-state index in [0.29, 0.717) is 0 Å². The summed E-state index contributed by atoms with van der Waals surface area (Å²) in [6.07, 6.45) is 6.35. The zero-order chi connectivity index (χ0) is 42.1. The first-order chi connectivity index (χ1) is 31.0. The summed E-state index contributed by atoms with van der Waals surface area (Å²) in [6, 6.07) is 71.0. The Morgan fingerprint density at radius 1 is 0.302 bits per heavy atom. The molecule has 0 amide bonds. The van der Waals surface area contributed by atoms with Crippen LogP contribution in [0.25, 0.3) is 89.5 Å². The van der Waals surface area contributed by atoms with Gasteiger partial charge in [0.2, 0.25) is 0 Å². The number of rotatable bonds is 6. The highest BCUT2D eigenvalue weighted by molar-refractivity contribution is 5.92. The lowest BCUT2D eigenvalue weighted by molar-refractivity contribution is 0.353. The van der Waals surface area contributed by atoms with E-state index in [1.807, 2.05) is 12.1 Å². The summed E-state index contributed by atoms with van der Waals surface area (Å²) in [4.78, 5) is 10.9. The Kier molecular flexibility index (Phi) is 8.80. The van der Waals surface area contributed by atoms with Crippen LogP contribution in [-0.2, 0) is 10.8 Å². The van der Waals surface area contributed by atoms with E-state index in [1.54, 1.807) is 5.56 Å². The zero-order valence-electron chi connectivity index (χ0n) is 35.9. The molecule has 0 N–H and O–H groups in total. The van der Waals surface area contributed by atoms with E-state index >= 15 is 0 Å². The van der Waals surface area contributed by atoms with Crippen molar-refractivity contribution in [2.45, 2.75) is 56.8 Å². The molecule has 1 heterocycles. The Morgan fingerprint density at radius 3 is 1.33 bits per heavy atom. The second kappa shape index (κ2) is 14.7. The molecular weight excluding hydrogens is 761 g/mol. The third kappa shape index (κ3) is 6.07. The van der Waals surface area contributed by atoms with Crippen LogP contribution >= 0.6 is 0 Å². The Hall–Kier alpha value is -7.16. The molecule has 1 fully saturated rings. The number of hydrogen-bond acceptors (Lipinski definition) is 2. The lowest BCUT2D eigenvalue weighted by Crippen LogP contribution is -2.28. The van der Waals surface area contributed by atoms with Gasteiger partial charge in [-0.25, -0.2) is 9.97 Å². The minimum absolute atomic E-state index is 0.0313. The Balaban J connectivity index is 0.932. The van der Waals surface area contributed by atoms with Gasteiger partial charge < -0.3 is 0 Å². The minimum Gasteiger partial charge on any atom is -0.243 e. The van der Waals surface area contributed by atoms with Crippen molar-refractivity contribution in [1.29, 1.82) is 0 Å². The molecule has 2 nitrogen and oxygen atoms in total. The molecule has 9 aromatic rings. The molecule has 0 saturated heterocycles. The fourth-order valence-electron chi connectivity index (χ4n) is 11.3. The average Bonchev–Trinajstić information content (AvgIpc) is 3.74. The summed E-state index contributed by atoms with van der Waals surface area (Å²) in [7, 11) is 0. The molecule has 3 aliphatic carbocycles. The maximum absolute atomic E-state index is 5.47. The highest BCUT2D eigenvalue weighted by Crippen LogP contribution is 2.60. The van der Waals surface area contributed by atoms with Crippen LogP contribution in [0, 0.1) is 0 Å². The third-order valence-electron chi connectivity index (χ3n) is 14.5. The Labute approximate surface area is 371 Å². The molecule has 0 bridgehead atoms. The smallest absolute Gasteiger partial charge is 0.0973 e. The summed E-state index contributed by atoms with van der Waals surface area (Å²) < 4.78 is 0. The zero-order valence-corrected chi connectivity index (χ0v) is 35.9. The van der Waals surface area contributed by atoms with Gasteiger partial charge in [0, 0.05) is 33.1 Å². The quantitative estimate of drug-likeness (QED) is 0.167. The van der Waals surface area contributed by atoms with Crippen molar-refractivity contribution in [1.82, 2.24) is 9.97 Å². The second-order valence-corrected chi connectivity index (χ2v) is 18.4. The molecule has 63 heavy (non-hydrogen) atoms. The largest absolute Gasteiger partial charge is 0.243 e. The van der Waals surface area contributed by atoms with Crippen LogP contribution in [0.15, 0.2) is 194 Å². The maximum atomic E-state index is 5.47. The van der Waals surface area contributed by atoms with Crippen LogP contribution in [-0.4, -0.2) is 9.97 Å². The molecule has 1 aromatic heterocycles. The number of aromatic nitrogens is 2. The second-order valence-electron chi connectivity index (χ2n) is 18.4. The average molecular weight is 809 g/mol. The normalized spacial score (nSPS) is 15.1. The number of fused-ring (bicyclic) bond motifs is 8. The van der Waals surface area contributed by atoms with Crippen LogP contribution in [0.3, 0.4) is 0 Å². The molecule has 0 radical (unpaired) electrons. The van der Waals surface area contributed by atoms with Gasteiger partial charge in [-0.05, 0) is 104 Å². The first-order valence-electron chi connectivity index (χ1n) is 22.7. The summed E-state index contributed by atoms with van der Waals surface area (Å²) in [5, 5.41) is 0. The van der Waals surface area contributed by atoms with Crippen LogP contribution in [0.1, 0.15) is 68.2 Å². The fourth-order valence-corrected chi connectivity index (χ4v) is 11.3. The topological polar surface area (TPSA) is 25.8 Å². The molecule has 3 aliphatic rings. The van der Waals surface area contributed by atoms with Gasteiger partial charge in [-0.2, -0.15) is 0 Å². The summed E-state index contributed by atoms with van der Waals surface area (Å²) in [5.41, 5.74) is 24.3. The molecule has 1 spiro atoms. The minimum atomic E-state index is -0.0313. The van der Waals surface area contributed by atoms with E-state index in [0.717, 1.165) is 45.0 Å². The Bertz CT molecular complexity index is 3190. The SMILES string of the molecule is CC1(C)c2ccccc2-c2cc3c(cc21)-c1cc(-c2cccc(-c4ccc(-c5nc(-c6ccccc6)c(-c6ccccc6)nc5-c5ccccc5)cc4)c2)ccc1C31CCCCC1. The molecule has 0 aliphatic heterocycles. The lowest BCUT2D eigenvalue weighted by Gasteiger charge is -2.36. The van der Waals surface area contributed by atoms with Crippen LogP contribution in [0.2, 0.25) is 0 Å². The third-order valence-corrected chi connectivity index (χ3v) is 14.5. The molecule has 0 unspecified atom stereocenters. The van der Waals surface area contributed by atoms with Gasteiger partial charge in [-0.1, -0.05) is 203 Å². The monoisotopic (exact) mass is 808 g/mol. The standard InChI is InChI=1S/C61H48N2/c1-60(2)52-27-14-13-26-48(52)50-39-55-51(38-54(50)60)49-37-47(32-33-53(49)61(55)34-15-6-16-35-61)46-25-17-24-45(36-46)40-28-30-44(31-29-40)59-58(43-22-11-5-12-23-43)62-56(41-18-7-3-8-19-41)57(63-59)42-20-9-4-10-21-42/h3-5,7-14,17-33,36-39H,6,15-16,34-35H2,1-2H3. The Morgan fingerprint density at radius 2 is 0.730 bits per heavy atom. The van der Waals surface area contributed by atoms with Crippen molar-refractivity contribution < 1.29 is 0 Å². The highest BCUT2D eigenvalue weighted by Gasteiger charge is 2.46. The first kappa shape index (κ1) is 37.6. The summed E-state index contributed by atoms with van der Waals surface area (Å²) >= 11 is 0. The van der Waals surface area contributed by atoms with Crippen molar-refractivity contribution in [3.8, 4) is 89.5 Å². The number of hydrogen-bond donors (Lipinski definition) is 0.